The minimum absolute atomic E-state index is 0.666. The first kappa shape index (κ1) is 14.2. The molecule has 0 bridgehead atoms. The molecule has 1 aromatic carbocycles. The van der Waals surface area contributed by atoms with Gasteiger partial charge in [0.25, 0.3) is 0 Å². The van der Waals surface area contributed by atoms with Crippen LogP contribution in [0.15, 0.2) is 24.3 Å². The number of ether oxygens (including phenoxy) is 2. The van der Waals surface area contributed by atoms with Crippen molar-refractivity contribution < 1.29 is 9.47 Å². The average Bonchev–Trinajstić information content (AvgIpc) is 2.45. The van der Waals surface area contributed by atoms with Crippen LogP contribution in [0.5, 0.6) is 5.75 Å². The van der Waals surface area contributed by atoms with E-state index in [0.29, 0.717) is 12.3 Å². The van der Waals surface area contributed by atoms with Crippen molar-refractivity contribution in [3.8, 4) is 5.75 Å². The van der Waals surface area contributed by atoms with Gasteiger partial charge in [0.05, 0.1) is 12.3 Å². The molecule has 0 unspecified atom stereocenters. The summed E-state index contributed by atoms with van der Waals surface area (Å²) in [5.74, 6) is 1.56. The molecule has 2 rings (SSSR count). The van der Waals surface area contributed by atoms with Crippen molar-refractivity contribution in [2.24, 2.45) is 5.92 Å². The van der Waals surface area contributed by atoms with E-state index >= 15 is 0 Å². The van der Waals surface area contributed by atoms with Crippen LogP contribution in [0.1, 0.15) is 38.5 Å². The Bertz CT molecular complexity index is 362. The maximum atomic E-state index is 5.80. The molecule has 0 spiro atoms. The molecule has 0 atom stereocenters. The second-order valence-corrected chi connectivity index (χ2v) is 5.32. The lowest BCUT2D eigenvalue weighted by molar-refractivity contribution is 0.0766. The quantitative estimate of drug-likeness (QED) is 0.603. The number of nitrogens with two attached hydrogens (primary N) is 1. The lowest BCUT2D eigenvalue weighted by atomic mass is 9.90. The van der Waals surface area contributed by atoms with E-state index in [4.69, 9.17) is 15.2 Å². The molecule has 106 valence electrons. The van der Waals surface area contributed by atoms with Crippen molar-refractivity contribution in [1.29, 1.82) is 0 Å². The zero-order valence-electron chi connectivity index (χ0n) is 11.6. The maximum Gasteiger partial charge on any atom is 0.142 e. The predicted octanol–water partition coefficient (Wildman–Crippen LogP) is 3.63. The minimum atomic E-state index is 0.666. The van der Waals surface area contributed by atoms with E-state index < -0.39 is 0 Å². The SMILES string of the molecule is Nc1ccccc1OCCCOCC1CCCCC1. The van der Waals surface area contributed by atoms with Gasteiger partial charge in [0, 0.05) is 19.6 Å². The van der Waals surface area contributed by atoms with E-state index in [0.717, 1.165) is 31.3 Å². The minimum Gasteiger partial charge on any atom is -0.491 e. The second-order valence-electron chi connectivity index (χ2n) is 5.32. The Kier molecular flexibility index (Phi) is 6.02. The largest absolute Gasteiger partial charge is 0.491 e. The van der Waals surface area contributed by atoms with Crippen molar-refractivity contribution in [3.63, 3.8) is 0 Å². The van der Waals surface area contributed by atoms with E-state index in [2.05, 4.69) is 0 Å². The van der Waals surface area contributed by atoms with Crippen LogP contribution < -0.4 is 10.5 Å². The smallest absolute Gasteiger partial charge is 0.142 e. The number of nitrogen functional groups attached to an aromatic ring is 1. The molecule has 3 heteroatoms. The van der Waals surface area contributed by atoms with E-state index in [-0.39, 0.29) is 0 Å². The van der Waals surface area contributed by atoms with Gasteiger partial charge in [0.2, 0.25) is 0 Å². The van der Waals surface area contributed by atoms with Crippen LogP contribution in [0.3, 0.4) is 0 Å². The number of hydrogen-bond donors (Lipinski definition) is 1. The lowest BCUT2D eigenvalue weighted by Gasteiger charge is -2.21. The lowest BCUT2D eigenvalue weighted by Crippen LogP contribution is -2.14. The molecule has 1 saturated carbocycles. The van der Waals surface area contributed by atoms with Gasteiger partial charge >= 0.3 is 0 Å². The summed E-state index contributed by atoms with van der Waals surface area (Å²) in [7, 11) is 0. The summed E-state index contributed by atoms with van der Waals surface area (Å²) < 4.78 is 11.4. The fraction of sp³-hybridized carbons (Fsp3) is 0.625. The van der Waals surface area contributed by atoms with Gasteiger partial charge in [0.1, 0.15) is 5.75 Å². The normalized spacial score (nSPS) is 16.4. The highest BCUT2D eigenvalue weighted by molar-refractivity contribution is 5.51. The molecule has 3 nitrogen and oxygen atoms in total. The molecule has 0 radical (unpaired) electrons. The molecule has 19 heavy (non-hydrogen) atoms. The summed E-state index contributed by atoms with van der Waals surface area (Å²) >= 11 is 0. The second kappa shape index (κ2) is 8.05. The number of rotatable bonds is 7. The first-order chi connectivity index (χ1) is 9.36. The number of para-hydroxylation sites is 2. The van der Waals surface area contributed by atoms with Crippen LogP contribution in [0.4, 0.5) is 5.69 Å². The highest BCUT2D eigenvalue weighted by Gasteiger charge is 2.12. The van der Waals surface area contributed by atoms with Gasteiger partial charge in [-0.1, -0.05) is 31.4 Å². The average molecular weight is 263 g/mol. The summed E-state index contributed by atoms with van der Waals surface area (Å²) in [6.45, 7) is 2.37. The van der Waals surface area contributed by atoms with E-state index in [9.17, 15) is 0 Å². The van der Waals surface area contributed by atoms with Crippen molar-refractivity contribution in [2.75, 3.05) is 25.6 Å². The van der Waals surface area contributed by atoms with Crippen molar-refractivity contribution >= 4 is 5.69 Å². The first-order valence-corrected chi connectivity index (χ1v) is 7.41. The standard InChI is InChI=1S/C16H25NO2/c17-15-9-4-5-10-16(15)19-12-6-11-18-13-14-7-2-1-3-8-14/h4-5,9-10,14H,1-3,6-8,11-13,17H2. The molecule has 1 aromatic rings. The molecule has 0 aromatic heterocycles. The molecule has 1 aliphatic rings. The molecule has 0 amide bonds. The summed E-state index contributed by atoms with van der Waals surface area (Å²) in [5.41, 5.74) is 6.50. The zero-order chi connectivity index (χ0) is 13.3. The molecular weight excluding hydrogens is 238 g/mol. The Labute approximate surface area is 116 Å². The fourth-order valence-corrected chi connectivity index (χ4v) is 2.56. The Morgan fingerprint density at radius 3 is 2.63 bits per heavy atom. The van der Waals surface area contributed by atoms with Crippen molar-refractivity contribution in [1.82, 2.24) is 0 Å². The van der Waals surface area contributed by atoms with Crippen LogP contribution in [0.2, 0.25) is 0 Å². The molecule has 1 aliphatic carbocycles. The zero-order valence-corrected chi connectivity index (χ0v) is 11.6. The molecule has 2 N–H and O–H groups in total. The van der Waals surface area contributed by atoms with Gasteiger partial charge in [-0.3, -0.25) is 0 Å². The van der Waals surface area contributed by atoms with Gasteiger partial charge in [-0.05, 0) is 30.9 Å². The number of hydrogen-bond acceptors (Lipinski definition) is 3. The highest BCUT2D eigenvalue weighted by atomic mass is 16.5. The van der Waals surface area contributed by atoms with Crippen molar-refractivity contribution in [2.45, 2.75) is 38.5 Å². The monoisotopic (exact) mass is 263 g/mol. The van der Waals surface area contributed by atoms with Crippen molar-refractivity contribution in [3.05, 3.63) is 24.3 Å². The van der Waals surface area contributed by atoms with Crippen LogP contribution in [0, 0.1) is 5.92 Å². The fourth-order valence-electron chi connectivity index (χ4n) is 2.56. The Balaban J connectivity index is 1.51. The third-order valence-electron chi connectivity index (χ3n) is 3.69. The summed E-state index contributed by atoms with van der Waals surface area (Å²) in [6.07, 6.45) is 7.77. The molecule has 1 fully saturated rings. The van der Waals surface area contributed by atoms with Crippen LogP contribution in [-0.2, 0) is 4.74 Å². The Hall–Kier alpha value is -1.22. The molecule has 0 aliphatic heterocycles. The van der Waals surface area contributed by atoms with Gasteiger partial charge < -0.3 is 15.2 Å². The Morgan fingerprint density at radius 1 is 1.05 bits per heavy atom. The molecule has 0 heterocycles. The molecule has 0 saturated heterocycles. The van der Waals surface area contributed by atoms with Crippen LogP contribution in [0.25, 0.3) is 0 Å². The molecular formula is C16H25NO2. The number of anilines is 1. The third-order valence-corrected chi connectivity index (χ3v) is 3.69. The Morgan fingerprint density at radius 2 is 1.84 bits per heavy atom. The number of benzene rings is 1. The maximum absolute atomic E-state index is 5.80. The van der Waals surface area contributed by atoms with E-state index in [1.807, 2.05) is 24.3 Å². The van der Waals surface area contributed by atoms with Crippen LogP contribution in [-0.4, -0.2) is 19.8 Å². The first-order valence-electron chi connectivity index (χ1n) is 7.41. The topological polar surface area (TPSA) is 44.5 Å². The van der Waals surface area contributed by atoms with E-state index in [1.54, 1.807) is 0 Å². The predicted molar refractivity (Wildman–Crippen MR) is 78.4 cm³/mol. The summed E-state index contributed by atoms with van der Waals surface area (Å²) in [6, 6.07) is 7.61. The van der Waals surface area contributed by atoms with Gasteiger partial charge in [0.15, 0.2) is 0 Å². The third kappa shape index (κ3) is 5.11. The van der Waals surface area contributed by atoms with E-state index in [1.165, 1.54) is 32.1 Å². The van der Waals surface area contributed by atoms with Gasteiger partial charge in [-0.15, -0.1) is 0 Å². The summed E-state index contributed by atoms with van der Waals surface area (Å²) in [5, 5.41) is 0. The summed E-state index contributed by atoms with van der Waals surface area (Å²) in [4.78, 5) is 0. The van der Waals surface area contributed by atoms with Gasteiger partial charge in [-0.25, -0.2) is 0 Å². The van der Waals surface area contributed by atoms with Crippen LogP contribution >= 0.6 is 0 Å². The van der Waals surface area contributed by atoms with Gasteiger partial charge in [-0.2, -0.15) is 0 Å². The highest BCUT2D eigenvalue weighted by Crippen LogP contribution is 2.23.